The minimum atomic E-state index is -0.643. The Balaban J connectivity index is 2.04. The molecule has 7 nitrogen and oxygen atoms in total. The summed E-state index contributed by atoms with van der Waals surface area (Å²) >= 11 is 1.54. The zero-order chi connectivity index (χ0) is 19.3. The van der Waals surface area contributed by atoms with Crippen LogP contribution in [0.15, 0.2) is 41.3 Å². The standard InChI is InChI=1S/C18H18N2O5S/c1-11-4-9-15(20(23)24)17(12(11)2)19-16(21)10-25-18(22)13-5-7-14(26-3)8-6-13/h4-9H,10H2,1-3H3,(H,19,21). The minimum Gasteiger partial charge on any atom is -0.452 e. The van der Waals surface area contributed by atoms with E-state index in [-0.39, 0.29) is 11.4 Å². The van der Waals surface area contributed by atoms with Gasteiger partial charge in [-0.2, -0.15) is 0 Å². The largest absolute Gasteiger partial charge is 0.452 e. The summed E-state index contributed by atoms with van der Waals surface area (Å²) in [7, 11) is 0. The third-order valence-electron chi connectivity index (χ3n) is 3.84. The predicted molar refractivity (Wildman–Crippen MR) is 99.7 cm³/mol. The van der Waals surface area contributed by atoms with Crippen molar-refractivity contribution >= 4 is 35.0 Å². The number of ether oxygens (including phenoxy) is 1. The van der Waals surface area contributed by atoms with Gasteiger partial charge in [-0.25, -0.2) is 4.79 Å². The van der Waals surface area contributed by atoms with Gasteiger partial charge in [-0.15, -0.1) is 11.8 Å². The molecule has 0 aliphatic rings. The smallest absolute Gasteiger partial charge is 0.338 e. The van der Waals surface area contributed by atoms with Gasteiger partial charge in [0.25, 0.3) is 11.6 Å². The molecule has 0 aromatic heterocycles. The fraction of sp³-hybridized carbons (Fsp3) is 0.222. The van der Waals surface area contributed by atoms with Crippen LogP contribution in [-0.2, 0) is 9.53 Å². The zero-order valence-corrected chi connectivity index (χ0v) is 15.4. The maximum absolute atomic E-state index is 12.1. The molecule has 26 heavy (non-hydrogen) atoms. The molecule has 0 spiro atoms. The first kappa shape index (κ1) is 19.5. The Bertz CT molecular complexity index is 849. The van der Waals surface area contributed by atoms with Gasteiger partial charge >= 0.3 is 5.97 Å². The second-order valence-electron chi connectivity index (χ2n) is 5.51. The van der Waals surface area contributed by atoms with Crippen LogP contribution in [0.1, 0.15) is 21.5 Å². The number of nitrogens with one attached hydrogen (secondary N) is 1. The van der Waals surface area contributed by atoms with E-state index in [4.69, 9.17) is 4.74 Å². The number of nitro groups is 1. The fourth-order valence-electron chi connectivity index (χ4n) is 2.23. The van der Waals surface area contributed by atoms with E-state index >= 15 is 0 Å². The van der Waals surface area contributed by atoms with Crippen LogP contribution in [0, 0.1) is 24.0 Å². The summed E-state index contributed by atoms with van der Waals surface area (Å²) in [5.41, 5.74) is 1.62. The van der Waals surface area contributed by atoms with Crippen LogP contribution in [0.3, 0.4) is 0 Å². The second-order valence-corrected chi connectivity index (χ2v) is 6.39. The molecule has 0 bridgehead atoms. The highest BCUT2D eigenvalue weighted by atomic mass is 32.2. The summed E-state index contributed by atoms with van der Waals surface area (Å²) < 4.78 is 4.98. The Hall–Kier alpha value is -2.87. The molecule has 0 saturated heterocycles. The van der Waals surface area contributed by atoms with Crippen LogP contribution < -0.4 is 5.32 Å². The van der Waals surface area contributed by atoms with E-state index in [1.807, 2.05) is 6.26 Å². The third-order valence-corrected chi connectivity index (χ3v) is 4.58. The van der Waals surface area contributed by atoms with Crippen molar-refractivity contribution in [3.05, 3.63) is 63.2 Å². The molecule has 2 rings (SSSR count). The van der Waals surface area contributed by atoms with Crippen LogP contribution in [-0.4, -0.2) is 29.7 Å². The highest BCUT2D eigenvalue weighted by molar-refractivity contribution is 7.98. The summed E-state index contributed by atoms with van der Waals surface area (Å²) in [4.78, 5) is 35.6. The van der Waals surface area contributed by atoms with Crippen molar-refractivity contribution in [2.75, 3.05) is 18.2 Å². The van der Waals surface area contributed by atoms with Crippen molar-refractivity contribution in [3.8, 4) is 0 Å². The average Bonchev–Trinajstić information content (AvgIpc) is 2.63. The summed E-state index contributed by atoms with van der Waals surface area (Å²) in [6.07, 6.45) is 1.92. The van der Waals surface area contributed by atoms with Gasteiger partial charge in [-0.3, -0.25) is 14.9 Å². The monoisotopic (exact) mass is 374 g/mol. The lowest BCUT2D eigenvalue weighted by Crippen LogP contribution is -2.22. The number of anilines is 1. The Morgan fingerprint density at radius 2 is 1.81 bits per heavy atom. The number of amides is 1. The molecule has 2 aromatic carbocycles. The Morgan fingerprint density at radius 3 is 2.38 bits per heavy atom. The van der Waals surface area contributed by atoms with Gasteiger partial charge in [0.2, 0.25) is 0 Å². The Kier molecular flexibility index (Phi) is 6.35. The fourth-order valence-corrected chi connectivity index (χ4v) is 2.64. The lowest BCUT2D eigenvalue weighted by atomic mass is 10.1. The molecule has 8 heteroatoms. The molecule has 1 amide bonds. The van der Waals surface area contributed by atoms with Crippen LogP contribution in [0.4, 0.5) is 11.4 Å². The van der Waals surface area contributed by atoms with Crippen molar-refractivity contribution in [2.45, 2.75) is 18.7 Å². The second kappa shape index (κ2) is 8.48. The summed E-state index contributed by atoms with van der Waals surface area (Å²) in [5, 5.41) is 13.6. The summed E-state index contributed by atoms with van der Waals surface area (Å²) in [6, 6.07) is 9.73. The minimum absolute atomic E-state index is 0.111. The van der Waals surface area contributed by atoms with Gasteiger partial charge < -0.3 is 10.1 Å². The molecule has 0 saturated carbocycles. The first-order chi connectivity index (χ1) is 12.3. The van der Waals surface area contributed by atoms with Crippen molar-refractivity contribution < 1.29 is 19.2 Å². The topological polar surface area (TPSA) is 98.5 Å². The number of rotatable bonds is 6. The lowest BCUT2D eigenvalue weighted by Gasteiger charge is -2.11. The maximum Gasteiger partial charge on any atom is 0.338 e. The van der Waals surface area contributed by atoms with Crippen molar-refractivity contribution in [2.24, 2.45) is 0 Å². The normalized spacial score (nSPS) is 10.3. The first-order valence-electron chi connectivity index (χ1n) is 7.69. The molecule has 0 atom stereocenters. The number of nitro benzene ring substituents is 1. The third kappa shape index (κ3) is 4.60. The van der Waals surface area contributed by atoms with E-state index in [0.29, 0.717) is 11.1 Å². The maximum atomic E-state index is 12.1. The molecule has 2 aromatic rings. The van der Waals surface area contributed by atoms with Crippen molar-refractivity contribution in [3.63, 3.8) is 0 Å². The van der Waals surface area contributed by atoms with E-state index < -0.39 is 23.4 Å². The molecule has 136 valence electrons. The number of aryl methyl sites for hydroxylation is 1. The number of hydrogen-bond acceptors (Lipinski definition) is 6. The molecule has 0 aliphatic heterocycles. The molecular weight excluding hydrogens is 356 g/mol. The molecular formula is C18H18N2O5S. The van der Waals surface area contributed by atoms with Gasteiger partial charge in [-0.05, 0) is 55.5 Å². The molecule has 0 heterocycles. The predicted octanol–water partition coefficient (Wildman–Crippen LogP) is 3.73. The number of benzene rings is 2. The Morgan fingerprint density at radius 1 is 1.15 bits per heavy atom. The molecule has 0 radical (unpaired) electrons. The molecule has 0 unspecified atom stereocenters. The van der Waals surface area contributed by atoms with E-state index in [0.717, 1.165) is 10.5 Å². The van der Waals surface area contributed by atoms with Crippen molar-refractivity contribution in [1.82, 2.24) is 0 Å². The zero-order valence-electron chi connectivity index (χ0n) is 14.6. The lowest BCUT2D eigenvalue weighted by molar-refractivity contribution is -0.384. The highest BCUT2D eigenvalue weighted by Crippen LogP contribution is 2.30. The van der Waals surface area contributed by atoms with Gasteiger partial charge in [0.15, 0.2) is 6.61 Å². The van der Waals surface area contributed by atoms with Crippen molar-refractivity contribution in [1.29, 1.82) is 0 Å². The highest BCUT2D eigenvalue weighted by Gasteiger charge is 2.20. The SMILES string of the molecule is CSc1ccc(C(=O)OCC(=O)Nc2c([N+](=O)[O-])ccc(C)c2C)cc1. The summed E-state index contributed by atoms with van der Waals surface area (Å²) in [6.45, 7) is 2.93. The van der Waals surface area contributed by atoms with Gasteiger partial charge in [0, 0.05) is 11.0 Å². The van der Waals surface area contributed by atoms with E-state index in [9.17, 15) is 19.7 Å². The first-order valence-corrected chi connectivity index (χ1v) is 8.91. The van der Waals surface area contributed by atoms with Gasteiger partial charge in [0.05, 0.1) is 10.5 Å². The average molecular weight is 374 g/mol. The van der Waals surface area contributed by atoms with Crippen LogP contribution in [0.25, 0.3) is 0 Å². The number of carbonyl (C=O) groups is 2. The summed E-state index contributed by atoms with van der Waals surface area (Å²) in [5.74, 6) is -1.28. The molecule has 1 N–H and O–H groups in total. The van der Waals surface area contributed by atoms with Crippen LogP contribution in [0.2, 0.25) is 0 Å². The number of thioether (sulfide) groups is 1. The number of nitrogens with zero attached hydrogens (tertiary/aromatic N) is 1. The van der Waals surface area contributed by atoms with E-state index in [2.05, 4.69) is 5.32 Å². The van der Waals surface area contributed by atoms with Gasteiger partial charge in [0.1, 0.15) is 5.69 Å². The molecule has 0 aliphatic carbocycles. The number of hydrogen-bond donors (Lipinski definition) is 1. The van der Waals surface area contributed by atoms with Crippen LogP contribution in [0.5, 0.6) is 0 Å². The van der Waals surface area contributed by atoms with E-state index in [1.54, 1.807) is 55.9 Å². The van der Waals surface area contributed by atoms with Gasteiger partial charge in [-0.1, -0.05) is 6.07 Å². The van der Waals surface area contributed by atoms with Crippen LogP contribution >= 0.6 is 11.8 Å². The Labute approximate surface area is 154 Å². The molecule has 0 fully saturated rings. The number of esters is 1. The van der Waals surface area contributed by atoms with E-state index in [1.165, 1.54) is 6.07 Å². The quantitative estimate of drug-likeness (QED) is 0.358. The number of carbonyl (C=O) groups excluding carboxylic acids is 2.